The Kier molecular flexibility index (Phi) is 4.14. The number of aryl methyl sites for hydroxylation is 3. The third-order valence-corrected chi connectivity index (χ3v) is 6.80. The Labute approximate surface area is 136 Å². The van der Waals surface area contributed by atoms with E-state index in [1.54, 1.807) is 11.3 Å². The van der Waals surface area contributed by atoms with Crippen molar-refractivity contribution in [2.45, 2.75) is 44.6 Å². The lowest BCUT2D eigenvalue weighted by atomic mass is 10.1. The topological polar surface area (TPSA) is 46.2 Å². The minimum atomic E-state index is -3.51. The van der Waals surface area contributed by atoms with Crippen molar-refractivity contribution in [3.63, 3.8) is 0 Å². The van der Waals surface area contributed by atoms with Gasteiger partial charge in [0, 0.05) is 4.88 Å². The summed E-state index contributed by atoms with van der Waals surface area (Å²) in [6.45, 7) is 5.72. The molecule has 1 atom stereocenters. The lowest BCUT2D eigenvalue weighted by molar-refractivity contribution is 0.533. The van der Waals surface area contributed by atoms with Crippen LogP contribution in [0.4, 0.5) is 0 Å². The van der Waals surface area contributed by atoms with E-state index in [2.05, 4.69) is 4.72 Å². The Balaban J connectivity index is 1.96. The summed E-state index contributed by atoms with van der Waals surface area (Å²) in [4.78, 5) is 1.54. The van der Waals surface area contributed by atoms with E-state index in [4.69, 9.17) is 0 Å². The minimum absolute atomic E-state index is 0.0925. The average Bonchev–Trinajstić information content (AvgIpc) is 3.09. The fourth-order valence-corrected chi connectivity index (χ4v) is 5.78. The molecule has 1 aromatic carbocycles. The van der Waals surface area contributed by atoms with Crippen LogP contribution in [-0.4, -0.2) is 8.42 Å². The van der Waals surface area contributed by atoms with E-state index in [1.807, 2.05) is 50.4 Å². The van der Waals surface area contributed by atoms with Crippen molar-refractivity contribution in [1.29, 1.82) is 0 Å². The molecule has 3 nitrogen and oxygen atoms in total. The first kappa shape index (κ1) is 15.7. The van der Waals surface area contributed by atoms with Crippen LogP contribution in [0.1, 0.15) is 40.5 Å². The van der Waals surface area contributed by atoms with Crippen LogP contribution < -0.4 is 4.72 Å². The van der Waals surface area contributed by atoms with Crippen LogP contribution in [0.5, 0.6) is 0 Å². The van der Waals surface area contributed by atoms with E-state index in [-0.39, 0.29) is 6.04 Å². The second kappa shape index (κ2) is 5.80. The quantitative estimate of drug-likeness (QED) is 0.894. The summed E-state index contributed by atoms with van der Waals surface area (Å²) >= 11 is 1.62. The lowest BCUT2D eigenvalue weighted by Crippen LogP contribution is -2.30. The second-order valence-corrected chi connectivity index (χ2v) is 8.81. The molecule has 0 amide bonds. The summed E-state index contributed by atoms with van der Waals surface area (Å²) in [6, 6.07) is 7.76. The molecule has 0 spiro atoms. The highest BCUT2D eigenvalue weighted by atomic mass is 32.2. The van der Waals surface area contributed by atoms with E-state index < -0.39 is 10.0 Å². The Morgan fingerprint density at radius 3 is 2.32 bits per heavy atom. The molecule has 0 saturated heterocycles. The standard InChI is InChI=1S/C17H21NO2S2/c1-11-9-12(2)17(13(3)10-11)22(19,20)18-16(14-6-7-14)15-5-4-8-21-15/h4-5,8-10,14,16,18H,6-7H2,1-3H3/t16-/m1/s1. The molecular weight excluding hydrogens is 314 g/mol. The van der Waals surface area contributed by atoms with Crippen LogP contribution in [0, 0.1) is 26.7 Å². The van der Waals surface area contributed by atoms with Gasteiger partial charge in [0.1, 0.15) is 0 Å². The first-order valence-corrected chi connectivity index (χ1v) is 9.88. The Bertz CT molecular complexity index is 752. The zero-order valence-electron chi connectivity index (χ0n) is 13.1. The molecular formula is C17H21NO2S2. The fourth-order valence-electron chi connectivity index (χ4n) is 3.10. The third kappa shape index (κ3) is 3.12. The van der Waals surface area contributed by atoms with Gasteiger partial charge in [-0.05, 0) is 62.1 Å². The summed E-state index contributed by atoms with van der Waals surface area (Å²) < 4.78 is 28.8. The van der Waals surface area contributed by atoms with Crippen molar-refractivity contribution in [3.8, 4) is 0 Å². The molecule has 1 aliphatic carbocycles. The van der Waals surface area contributed by atoms with Crippen LogP contribution in [0.25, 0.3) is 0 Å². The molecule has 0 aliphatic heterocycles. The molecule has 1 fully saturated rings. The van der Waals surface area contributed by atoms with Gasteiger partial charge in [-0.1, -0.05) is 23.8 Å². The van der Waals surface area contributed by atoms with Gasteiger partial charge in [0.15, 0.2) is 0 Å². The molecule has 1 saturated carbocycles. The van der Waals surface area contributed by atoms with E-state index in [0.717, 1.165) is 34.4 Å². The number of hydrogen-bond acceptors (Lipinski definition) is 3. The van der Waals surface area contributed by atoms with Crippen LogP contribution in [0.15, 0.2) is 34.5 Å². The van der Waals surface area contributed by atoms with E-state index in [0.29, 0.717) is 10.8 Å². The number of thiophene rings is 1. The summed E-state index contributed by atoms with van der Waals surface area (Å²) in [6.07, 6.45) is 2.19. The number of rotatable bonds is 5. The maximum Gasteiger partial charge on any atom is 0.241 e. The highest BCUT2D eigenvalue weighted by molar-refractivity contribution is 7.89. The van der Waals surface area contributed by atoms with Gasteiger partial charge in [0.05, 0.1) is 10.9 Å². The van der Waals surface area contributed by atoms with Gasteiger partial charge >= 0.3 is 0 Å². The zero-order chi connectivity index (χ0) is 15.9. The fraction of sp³-hybridized carbons (Fsp3) is 0.412. The van der Waals surface area contributed by atoms with Crippen molar-refractivity contribution >= 4 is 21.4 Å². The second-order valence-electron chi connectivity index (χ2n) is 6.18. The van der Waals surface area contributed by atoms with Gasteiger partial charge in [-0.15, -0.1) is 11.3 Å². The van der Waals surface area contributed by atoms with E-state index >= 15 is 0 Å². The van der Waals surface area contributed by atoms with Crippen LogP contribution in [0.3, 0.4) is 0 Å². The first-order chi connectivity index (χ1) is 10.4. The Morgan fingerprint density at radius 2 is 1.82 bits per heavy atom. The molecule has 1 aromatic heterocycles. The molecule has 0 bridgehead atoms. The monoisotopic (exact) mass is 335 g/mol. The third-order valence-electron chi connectivity index (χ3n) is 4.10. The highest BCUT2D eigenvalue weighted by Gasteiger charge is 2.36. The summed E-state index contributed by atoms with van der Waals surface area (Å²) in [5.74, 6) is 0.430. The van der Waals surface area contributed by atoms with Gasteiger partial charge in [0.25, 0.3) is 0 Å². The van der Waals surface area contributed by atoms with Gasteiger partial charge in [-0.25, -0.2) is 13.1 Å². The number of hydrogen-bond donors (Lipinski definition) is 1. The zero-order valence-corrected chi connectivity index (χ0v) is 14.7. The molecule has 2 aromatic rings. The van der Waals surface area contributed by atoms with Crippen LogP contribution >= 0.6 is 11.3 Å². The molecule has 3 rings (SSSR count). The normalized spacial score (nSPS) is 16.7. The van der Waals surface area contributed by atoms with Gasteiger partial charge in [-0.3, -0.25) is 0 Å². The van der Waals surface area contributed by atoms with Crippen LogP contribution in [0.2, 0.25) is 0 Å². The van der Waals surface area contributed by atoms with Crippen molar-refractivity contribution in [2.75, 3.05) is 0 Å². The number of sulfonamides is 1. The molecule has 118 valence electrons. The van der Waals surface area contributed by atoms with Crippen molar-refractivity contribution in [1.82, 2.24) is 4.72 Å². The molecule has 0 radical (unpaired) electrons. The molecule has 1 heterocycles. The number of benzene rings is 1. The highest BCUT2D eigenvalue weighted by Crippen LogP contribution is 2.43. The summed E-state index contributed by atoms with van der Waals surface area (Å²) in [7, 11) is -3.51. The molecule has 22 heavy (non-hydrogen) atoms. The van der Waals surface area contributed by atoms with Gasteiger partial charge < -0.3 is 0 Å². The van der Waals surface area contributed by atoms with E-state index in [9.17, 15) is 8.42 Å². The summed E-state index contributed by atoms with van der Waals surface area (Å²) in [5.41, 5.74) is 2.71. The SMILES string of the molecule is Cc1cc(C)c(S(=O)(=O)N[C@@H](c2cccs2)C2CC2)c(C)c1. The predicted octanol–water partition coefficient (Wildman–Crippen LogP) is 4.10. The molecule has 1 aliphatic rings. The Morgan fingerprint density at radius 1 is 1.18 bits per heavy atom. The lowest BCUT2D eigenvalue weighted by Gasteiger charge is -2.19. The van der Waals surface area contributed by atoms with Crippen LogP contribution in [-0.2, 0) is 10.0 Å². The predicted molar refractivity (Wildman–Crippen MR) is 90.8 cm³/mol. The maximum atomic E-state index is 12.9. The first-order valence-electron chi connectivity index (χ1n) is 7.52. The number of nitrogens with one attached hydrogen (secondary N) is 1. The maximum absolute atomic E-state index is 12.9. The smallest absolute Gasteiger partial charge is 0.207 e. The molecule has 0 unspecified atom stereocenters. The molecule has 1 N–H and O–H groups in total. The van der Waals surface area contributed by atoms with Crippen molar-refractivity contribution < 1.29 is 8.42 Å². The van der Waals surface area contributed by atoms with Gasteiger partial charge in [-0.2, -0.15) is 0 Å². The largest absolute Gasteiger partial charge is 0.241 e. The van der Waals surface area contributed by atoms with Crippen molar-refractivity contribution in [2.24, 2.45) is 5.92 Å². The van der Waals surface area contributed by atoms with Gasteiger partial charge in [0.2, 0.25) is 10.0 Å². The van der Waals surface area contributed by atoms with E-state index in [1.165, 1.54) is 0 Å². The van der Waals surface area contributed by atoms with Crippen molar-refractivity contribution in [3.05, 3.63) is 51.2 Å². The minimum Gasteiger partial charge on any atom is -0.207 e. The Hall–Kier alpha value is -1.17. The molecule has 5 heteroatoms. The summed E-state index contributed by atoms with van der Waals surface area (Å²) in [5, 5.41) is 2.00. The average molecular weight is 335 g/mol.